The lowest BCUT2D eigenvalue weighted by Crippen LogP contribution is -2.38. The Bertz CT molecular complexity index is 794. The Kier molecular flexibility index (Phi) is 5.46. The molecule has 1 heterocycles. The molecule has 0 aliphatic rings. The average molecular weight is 351 g/mol. The largest absolute Gasteiger partial charge is 0.466 e. The molecule has 1 aromatic heterocycles. The molecule has 1 atom stereocenters. The van der Waals surface area contributed by atoms with Crippen molar-refractivity contribution < 1.29 is 22.7 Å². The highest BCUT2D eigenvalue weighted by Gasteiger charge is 2.28. The summed E-state index contributed by atoms with van der Waals surface area (Å²) in [5.74, 6) is -0.270. The minimum absolute atomic E-state index is 0.00184. The normalized spacial score (nSPS) is 14.1. The van der Waals surface area contributed by atoms with Crippen LogP contribution in [-0.2, 0) is 15.4 Å². The number of nitrogens with one attached hydrogen (secondary N) is 1. The zero-order chi connectivity index (χ0) is 17.8. The van der Waals surface area contributed by atoms with E-state index in [1.807, 2.05) is 0 Å². The van der Waals surface area contributed by atoms with Gasteiger partial charge in [0.05, 0.1) is 29.0 Å². The highest BCUT2D eigenvalue weighted by molar-refractivity contribution is 7.91. The van der Waals surface area contributed by atoms with Crippen molar-refractivity contribution in [2.75, 3.05) is 12.3 Å². The van der Waals surface area contributed by atoms with Crippen LogP contribution in [0.15, 0.2) is 52.0 Å². The summed E-state index contributed by atoms with van der Waals surface area (Å²) >= 11 is 0. The molecule has 0 radical (unpaired) electrons. The van der Waals surface area contributed by atoms with E-state index in [9.17, 15) is 18.3 Å². The van der Waals surface area contributed by atoms with E-state index in [1.54, 1.807) is 31.2 Å². The van der Waals surface area contributed by atoms with Gasteiger partial charge in [0.2, 0.25) is 0 Å². The van der Waals surface area contributed by atoms with Gasteiger partial charge in [-0.2, -0.15) is 0 Å². The third-order valence-corrected chi connectivity index (χ3v) is 5.56. The Morgan fingerprint density at radius 3 is 2.58 bits per heavy atom. The molecule has 0 saturated carbocycles. The lowest BCUT2D eigenvalue weighted by atomic mass is 10.0. The molecule has 2 aromatic rings. The van der Waals surface area contributed by atoms with Gasteiger partial charge in [0.15, 0.2) is 9.84 Å². The van der Waals surface area contributed by atoms with Crippen molar-refractivity contribution in [2.45, 2.75) is 30.8 Å². The minimum Gasteiger partial charge on any atom is -0.466 e. The van der Waals surface area contributed by atoms with Crippen molar-refractivity contribution in [3.63, 3.8) is 0 Å². The lowest BCUT2D eigenvalue weighted by Gasteiger charge is -2.21. The van der Waals surface area contributed by atoms with Crippen LogP contribution in [0.2, 0.25) is 0 Å². The maximum atomic E-state index is 12.4. The molecule has 2 rings (SSSR count). The molecule has 24 heavy (non-hydrogen) atoms. The Balaban J connectivity index is 2.19. The van der Waals surface area contributed by atoms with Gasteiger partial charge in [-0.1, -0.05) is 19.1 Å². The summed E-state index contributed by atoms with van der Waals surface area (Å²) < 4.78 is 29.8. The second kappa shape index (κ2) is 7.19. The first kappa shape index (κ1) is 18.2. The predicted octanol–water partition coefficient (Wildman–Crippen LogP) is 2.10. The summed E-state index contributed by atoms with van der Waals surface area (Å²) in [5, 5.41) is 12.9. The van der Waals surface area contributed by atoms with E-state index in [1.165, 1.54) is 25.3 Å². The fourth-order valence-electron chi connectivity index (χ4n) is 2.32. The third kappa shape index (κ3) is 4.04. The second-order valence-corrected chi connectivity index (χ2v) is 7.83. The third-order valence-electron chi connectivity index (χ3n) is 3.58. The van der Waals surface area contributed by atoms with Gasteiger partial charge < -0.3 is 14.8 Å². The van der Waals surface area contributed by atoms with E-state index in [4.69, 9.17) is 4.42 Å². The van der Waals surface area contributed by atoms with E-state index >= 15 is 0 Å². The first-order valence-corrected chi connectivity index (χ1v) is 9.29. The monoisotopic (exact) mass is 351 g/mol. The molecular formula is C17H21NO5S. The topological polar surface area (TPSA) is 96.6 Å². The van der Waals surface area contributed by atoms with E-state index in [-0.39, 0.29) is 22.8 Å². The Hall–Kier alpha value is -2.12. The van der Waals surface area contributed by atoms with E-state index in [0.29, 0.717) is 12.2 Å². The van der Waals surface area contributed by atoms with Crippen molar-refractivity contribution >= 4 is 15.7 Å². The molecule has 0 saturated heterocycles. The number of sulfone groups is 1. The number of hydrogen-bond donors (Lipinski definition) is 2. The van der Waals surface area contributed by atoms with Gasteiger partial charge in [0.25, 0.3) is 5.91 Å². The molecule has 1 unspecified atom stereocenters. The highest BCUT2D eigenvalue weighted by Crippen LogP contribution is 2.21. The zero-order valence-corrected chi connectivity index (χ0v) is 14.5. The van der Waals surface area contributed by atoms with Crippen LogP contribution in [0, 0.1) is 0 Å². The van der Waals surface area contributed by atoms with Crippen LogP contribution in [0.1, 0.15) is 36.4 Å². The van der Waals surface area contributed by atoms with Gasteiger partial charge in [0.1, 0.15) is 11.4 Å². The number of benzene rings is 1. The minimum atomic E-state index is -3.52. The average Bonchev–Trinajstić information content (AvgIpc) is 3.08. The van der Waals surface area contributed by atoms with E-state index in [0.717, 1.165) is 0 Å². The first-order valence-electron chi connectivity index (χ1n) is 7.64. The van der Waals surface area contributed by atoms with Crippen LogP contribution >= 0.6 is 0 Å². The number of hydrogen-bond acceptors (Lipinski definition) is 5. The lowest BCUT2D eigenvalue weighted by molar-refractivity contribution is 0.0330. The van der Waals surface area contributed by atoms with Crippen molar-refractivity contribution in [1.29, 1.82) is 0 Å². The molecule has 130 valence electrons. The predicted molar refractivity (Wildman–Crippen MR) is 89.4 cm³/mol. The Labute approximate surface area is 141 Å². The number of rotatable bonds is 7. The molecule has 2 N–H and O–H groups in total. The zero-order valence-electron chi connectivity index (χ0n) is 13.7. The standard InChI is InChI=1S/C17H21NO5S/c1-3-11-24(21,22)14-8-5-4-7-13(14)16(19)18-12-17(2,20)15-9-6-10-23-15/h4-10,20H,3,11-12H2,1-2H3,(H,18,19). The first-order chi connectivity index (χ1) is 11.3. The fourth-order valence-corrected chi connectivity index (χ4v) is 3.86. The van der Waals surface area contributed by atoms with Gasteiger partial charge in [-0.25, -0.2) is 8.42 Å². The fraction of sp³-hybridized carbons (Fsp3) is 0.353. The molecule has 6 nitrogen and oxygen atoms in total. The molecule has 0 aliphatic heterocycles. The summed E-state index contributed by atoms with van der Waals surface area (Å²) in [7, 11) is -3.52. The molecule has 0 bridgehead atoms. The molecule has 1 amide bonds. The van der Waals surface area contributed by atoms with Crippen molar-refractivity contribution in [1.82, 2.24) is 5.32 Å². The van der Waals surface area contributed by atoms with Gasteiger partial charge >= 0.3 is 0 Å². The van der Waals surface area contributed by atoms with Crippen LogP contribution in [0.25, 0.3) is 0 Å². The highest BCUT2D eigenvalue weighted by atomic mass is 32.2. The number of carbonyl (C=O) groups is 1. The summed E-state index contributed by atoms with van der Waals surface area (Å²) in [6.07, 6.45) is 1.89. The number of furan rings is 1. The van der Waals surface area contributed by atoms with Crippen LogP contribution in [0.5, 0.6) is 0 Å². The summed E-state index contributed by atoms with van der Waals surface area (Å²) in [6.45, 7) is 3.16. The van der Waals surface area contributed by atoms with Crippen LogP contribution in [0.3, 0.4) is 0 Å². The van der Waals surface area contributed by atoms with E-state index < -0.39 is 21.3 Å². The summed E-state index contributed by atoms with van der Waals surface area (Å²) in [5.41, 5.74) is -1.32. The summed E-state index contributed by atoms with van der Waals surface area (Å²) in [6, 6.07) is 9.30. The van der Waals surface area contributed by atoms with Gasteiger partial charge in [-0.3, -0.25) is 4.79 Å². The smallest absolute Gasteiger partial charge is 0.252 e. The number of amides is 1. The van der Waals surface area contributed by atoms with Crippen LogP contribution in [-0.4, -0.2) is 31.7 Å². The quantitative estimate of drug-likeness (QED) is 0.796. The van der Waals surface area contributed by atoms with Crippen molar-refractivity contribution in [3.05, 3.63) is 54.0 Å². The SMILES string of the molecule is CCCS(=O)(=O)c1ccccc1C(=O)NCC(C)(O)c1ccco1. The van der Waals surface area contributed by atoms with Crippen molar-refractivity contribution in [3.8, 4) is 0 Å². The number of aliphatic hydroxyl groups is 1. The maximum Gasteiger partial charge on any atom is 0.252 e. The van der Waals surface area contributed by atoms with Gasteiger partial charge in [-0.05, 0) is 37.6 Å². The van der Waals surface area contributed by atoms with Crippen LogP contribution in [0.4, 0.5) is 0 Å². The van der Waals surface area contributed by atoms with Gasteiger partial charge in [0, 0.05) is 0 Å². The molecule has 0 fully saturated rings. The molecular weight excluding hydrogens is 330 g/mol. The number of carbonyl (C=O) groups excluding carboxylic acids is 1. The molecule has 0 spiro atoms. The molecule has 7 heteroatoms. The Morgan fingerprint density at radius 1 is 1.25 bits per heavy atom. The Morgan fingerprint density at radius 2 is 1.96 bits per heavy atom. The second-order valence-electron chi connectivity index (χ2n) is 5.75. The molecule has 0 aliphatic carbocycles. The van der Waals surface area contributed by atoms with E-state index in [2.05, 4.69) is 5.32 Å². The van der Waals surface area contributed by atoms with Crippen molar-refractivity contribution in [2.24, 2.45) is 0 Å². The maximum absolute atomic E-state index is 12.4. The van der Waals surface area contributed by atoms with Gasteiger partial charge in [-0.15, -0.1) is 0 Å². The van der Waals surface area contributed by atoms with Crippen LogP contribution < -0.4 is 5.32 Å². The summed E-state index contributed by atoms with van der Waals surface area (Å²) in [4.78, 5) is 12.4. The molecule has 1 aromatic carbocycles.